The first-order valence-corrected chi connectivity index (χ1v) is 6.41. The lowest BCUT2D eigenvalue weighted by Gasteiger charge is -2.37. The maximum absolute atomic E-state index is 5.89. The summed E-state index contributed by atoms with van der Waals surface area (Å²) in [6.45, 7) is 3.78. The van der Waals surface area contributed by atoms with Gasteiger partial charge in [0.2, 0.25) is 0 Å². The number of halogens is 1. The highest BCUT2D eigenvalue weighted by atomic mass is 35.5. The Hall–Kier alpha value is -1.49. The van der Waals surface area contributed by atoms with Crippen molar-refractivity contribution in [3.8, 4) is 0 Å². The van der Waals surface area contributed by atoms with Crippen LogP contribution in [0.1, 0.15) is 13.3 Å². The minimum absolute atomic E-state index is 0.371. The summed E-state index contributed by atoms with van der Waals surface area (Å²) in [4.78, 5) is 19.3. The smallest absolute Gasteiger partial charge is 0.134 e. The Balaban J connectivity index is 1.77. The SMILES string of the molecule is CC1=NC2CCN(c3cc(Cl)ncn3)CC2C=N1. The highest BCUT2D eigenvalue weighted by molar-refractivity contribution is 6.29. The normalized spacial score (nSPS) is 26.8. The Labute approximate surface area is 111 Å². The van der Waals surface area contributed by atoms with Crippen LogP contribution in [0.25, 0.3) is 0 Å². The van der Waals surface area contributed by atoms with Gasteiger partial charge in [0.15, 0.2) is 0 Å². The summed E-state index contributed by atoms with van der Waals surface area (Å²) in [5, 5.41) is 0.480. The predicted molar refractivity (Wildman–Crippen MR) is 72.8 cm³/mol. The molecular formula is C12H14ClN5. The van der Waals surface area contributed by atoms with Crippen molar-refractivity contribution < 1.29 is 0 Å². The van der Waals surface area contributed by atoms with Crippen molar-refractivity contribution in [3.63, 3.8) is 0 Å². The quantitative estimate of drug-likeness (QED) is 0.727. The average molecular weight is 264 g/mol. The third-order valence-corrected chi connectivity index (χ3v) is 3.58. The van der Waals surface area contributed by atoms with Crippen LogP contribution in [0.2, 0.25) is 5.15 Å². The highest BCUT2D eigenvalue weighted by Gasteiger charge is 2.30. The van der Waals surface area contributed by atoms with Gasteiger partial charge in [-0.05, 0) is 13.3 Å². The molecule has 2 aliphatic heterocycles. The first-order valence-electron chi connectivity index (χ1n) is 6.03. The second kappa shape index (κ2) is 4.65. The zero-order valence-corrected chi connectivity index (χ0v) is 10.9. The number of fused-ring (bicyclic) bond motifs is 1. The van der Waals surface area contributed by atoms with Crippen LogP contribution in [0.4, 0.5) is 5.82 Å². The van der Waals surface area contributed by atoms with Crippen molar-refractivity contribution >= 4 is 29.5 Å². The van der Waals surface area contributed by atoms with E-state index in [1.54, 1.807) is 6.07 Å². The molecule has 0 aliphatic carbocycles. The van der Waals surface area contributed by atoms with Crippen LogP contribution < -0.4 is 4.90 Å². The van der Waals surface area contributed by atoms with E-state index in [0.29, 0.717) is 17.1 Å². The van der Waals surface area contributed by atoms with Gasteiger partial charge in [-0.3, -0.25) is 4.99 Å². The maximum atomic E-state index is 5.89. The van der Waals surface area contributed by atoms with Crippen molar-refractivity contribution in [1.82, 2.24) is 9.97 Å². The van der Waals surface area contributed by atoms with E-state index in [9.17, 15) is 0 Å². The molecule has 0 N–H and O–H groups in total. The van der Waals surface area contributed by atoms with Crippen LogP contribution in [0.15, 0.2) is 22.4 Å². The zero-order chi connectivity index (χ0) is 12.5. The van der Waals surface area contributed by atoms with Crippen LogP contribution in [-0.4, -0.2) is 41.1 Å². The summed E-state index contributed by atoms with van der Waals surface area (Å²) >= 11 is 5.89. The van der Waals surface area contributed by atoms with E-state index in [0.717, 1.165) is 31.2 Å². The number of hydrogen-bond donors (Lipinski definition) is 0. The Kier molecular flexibility index (Phi) is 2.99. The number of rotatable bonds is 1. The molecule has 1 aromatic heterocycles. The third kappa shape index (κ3) is 2.22. The molecule has 1 fully saturated rings. The molecule has 3 heterocycles. The van der Waals surface area contributed by atoms with Crippen LogP contribution in [0, 0.1) is 5.92 Å². The second-order valence-corrected chi connectivity index (χ2v) is 5.01. The Morgan fingerprint density at radius 3 is 3.11 bits per heavy atom. The molecule has 0 saturated carbocycles. The standard InChI is InChI=1S/C12H14ClN5/c1-8-14-5-9-6-18(3-2-10(9)17-8)12-4-11(13)15-7-16-12/h4-5,7,9-10H,2-3,6H2,1H3. The molecule has 2 unspecified atom stereocenters. The molecule has 1 saturated heterocycles. The zero-order valence-electron chi connectivity index (χ0n) is 10.1. The molecule has 6 heteroatoms. The lowest BCUT2D eigenvalue weighted by Crippen LogP contribution is -2.45. The largest absolute Gasteiger partial charge is 0.356 e. The summed E-state index contributed by atoms with van der Waals surface area (Å²) in [7, 11) is 0. The fraction of sp³-hybridized carbons (Fsp3) is 0.500. The van der Waals surface area contributed by atoms with Gasteiger partial charge in [0.25, 0.3) is 0 Å². The first kappa shape index (κ1) is 11.6. The average Bonchev–Trinajstić information content (AvgIpc) is 2.38. The fourth-order valence-electron chi connectivity index (χ4n) is 2.46. The molecule has 18 heavy (non-hydrogen) atoms. The van der Waals surface area contributed by atoms with E-state index < -0.39 is 0 Å². The molecule has 0 spiro atoms. The van der Waals surface area contributed by atoms with Gasteiger partial charge in [-0.1, -0.05) is 11.6 Å². The van der Waals surface area contributed by atoms with E-state index in [2.05, 4.69) is 24.9 Å². The molecule has 0 bridgehead atoms. The van der Waals surface area contributed by atoms with E-state index in [-0.39, 0.29) is 0 Å². The molecule has 94 valence electrons. The van der Waals surface area contributed by atoms with Gasteiger partial charge < -0.3 is 4.90 Å². The van der Waals surface area contributed by atoms with Gasteiger partial charge in [-0.2, -0.15) is 0 Å². The number of aliphatic imine (C=N–C) groups is 2. The minimum atomic E-state index is 0.371. The van der Waals surface area contributed by atoms with Crippen LogP contribution in [-0.2, 0) is 0 Å². The maximum Gasteiger partial charge on any atom is 0.134 e. The molecular weight excluding hydrogens is 250 g/mol. The second-order valence-electron chi connectivity index (χ2n) is 4.62. The molecule has 0 aromatic carbocycles. The van der Waals surface area contributed by atoms with Crippen LogP contribution in [0.3, 0.4) is 0 Å². The lowest BCUT2D eigenvalue weighted by atomic mass is 9.92. The fourth-order valence-corrected chi connectivity index (χ4v) is 2.60. The Bertz CT molecular complexity index is 513. The van der Waals surface area contributed by atoms with Crippen LogP contribution in [0.5, 0.6) is 0 Å². The summed E-state index contributed by atoms with van der Waals surface area (Å²) in [5.74, 6) is 2.14. The van der Waals surface area contributed by atoms with E-state index in [1.807, 2.05) is 13.1 Å². The van der Waals surface area contributed by atoms with Crippen molar-refractivity contribution in [3.05, 3.63) is 17.5 Å². The van der Waals surface area contributed by atoms with Crippen molar-refractivity contribution in [2.45, 2.75) is 19.4 Å². The molecule has 2 aliphatic rings. The summed E-state index contributed by atoms with van der Waals surface area (Å²) in [6, 6.07) is 2.17. The summed E-state index contributed by atoms with van der Waals surface area (Å²) in [5.41, 5.74) is 0. The van der Waals surface area contributed by atoms with Crippen molar-refractivity contribution in [1.29, 1.82) is 0 Å². The highest BCUT2D eigenvalue weighted by Crippen LogP contribution is 2.25. The van der Waals surface area contributed by atoms with Gasteiger partial charge in [0.05, 0.1) is 6.04 Å². The number of amidine groups is 1. The van der Waals surface area contributed by atoms with E-state index in [4.69, 9.17) is 11.6 Å². The summed E-state index contributed by atoms with van der Waals surface area (Å²) < 4.78 is 0. The number of hydrogen-bond acceptors (Lipinski definition) is 5. The third-order valence-electron chi connectivity index (χ3n) is 3.37. The van der Waals surface area contributed by atoms with E-state index in [1.165, 1.54) is 6.33 Å². The van der Waals surface area contributed by atoms with Gasteiger partial charge in [0.1, 0.15) is 23.1 Å². The summed E-state index contributed by atoms with van der Waals surface area (Å²) in [6.07, 6.45) is 4.54. The molecule has 1 aromatic rings. The molecule has 5 nitrogen and oxygen atoms in total. The predicted octanol–water partition coefficient (Wildman–Crippen LogP) is 1.83. The van der Waals surface area contributed by atoms with Gasteiger partial charge in [0, 0.05) is 31.3 Å². The first-order chi connectivity index (χ1) is 8.72. The van der Waals surface area contributed by atoms with Gasteiger partial charge in [-0.15, -0.1) is 0 Å². The molecule has 0 amide bonds. The molecule has 2 atom stereocenters. The number of piperidine rings is 1. The topological polar surface area (TPSA) is 53.7 Å². The molecule has 0 radical (unpaired) electrons. The van der Waals surface area contributed by atoms with Crippen LogP contribution >= 0.6 is 11.6 Å². The van der Waals surface area contributed by atoms with Crippen molar-refractivity contribution in [2.24, 2.45) is 15.9 Å². The van der Waals surface area contributed by atoms with E-state index >= 15 is 0 Å². The van der Waals surface area contributed by atoms with Crippen molar-refractivity contribution in [2.75, 3.05) is 18.0 Å². The number of aromatic nitrogens is 2. The monoisotopic (exact) mass is 263 g/mol. The molecule has 3 rings (SSSR count). The van der Waals surface area contributed by atoms with Gasteiger partial charge in [-0.25, -0.2) is 15.0 Å². The number of anilines is 1. The Morgan fingerprint density at radius 1 is 1.39 bits per heavy atom. The van der Waals surface area contributed by atoms with Gasteiger partial charge >= 0.3 is 0 Å². The lowest BCUT2D eigenvalue weighted by molar-refractivity contribution is 0.438. The Morgan fingerprint density at radius 2 is 2.28 bits per heavy atom. The minimum Gasteiger partial charge on any atom is -0.356 e. The number of nitrogens with zero attached hydrogens (tertiary/aromatic N) is 5.